The summed E-state index contributed by atoms with van der Waals surface area (Å²) in [5.41, 5.74) is 0. The van der Waals surface area contributed by atoms with Crippen LogP contribution in [0.25, 0.3) is 0 Å². The van der Waals surface area contributed by atoms with Crippen LogP contribution in [0.2, 0.25) is 0 Å². The Kier molecular flexibility index (Phi) is 6.72. The molecule has 1 fully saturated rings. The average molecular weight is 277 g/mol. The van der Waals surface area contributed by atoms with Crippen molar-refractivity contribution in [1.82, 2.24) is 5.32 Å². The molecule has 0 saturated heterocycles. The van der Waals surface area contributed by atoms with Gasteiger partial charge in [-0.25, -0.2) is 0 Å². The number of ether oxygens (including phenoxy) is 2. The van der Waals surface area contributed by atoms with Crippen molar-refractivity contribution in [3.8, 4) is 11.5 Å². The molecular formula is C17H27NO2. The van der Waals surface area contributed by atoms with Crippen molar-refractivity contribution in [2.45, 2.75) is 51.0 Å². The van der Waals surface area contributed by atoms with Gasteiger partial charge in [-0.2, -0.15) is 0 Å². The van der Waals surface area contributed by atoms with E-state index in [4.69, 9.17) is 9.47 Å². The predicted molar refractivity (Wildman–Crippen MR) is 82.6 cm³/mol. The molecule has 1 aromatic rings. The van der Waals surface area contributed by atoms with Gasteiger partial charge in [0.1, 0.15) is 6.61 Å². The smallest absolute Gasteiger partial charge is 0.161 e. The van der Waals surface area contributed by atoms with Crippen LogP contribution in [0.3, 0.4) is 0 Å². The lowest BCUT2D eigenvalue weighted by atomic mass is 9.97. The van der Waals surface area contributed by atoms with Crippen LogP contribution >= 0.6 is 0 Å². The lowest BCUT2D eigenvalue weighted by Crippen LogP contribution is -2.33. The minimum Gasteiger partial charge on any atom is -0.493 e. The van der Waals surface area contributed by atoms with Crippen molar-refractivity contribution in [3.63, 3.8) is 0 Å². The van der Waals surface area contributed by atoms with E-state index >= 15 is 0 Å². The maximum absolute atomic E-state index is 5.79. The fourth-order valence-electron chi connectivity index (χ4n) is 2.82. The van der Waals surface area contributed by atoms with Gasteiger partial charge in [-0.1, -0.05) is 44.2 Å². The van der Waals surface area contributed by atoms with Crippen LogP contribution < -0.4 is 14.8 Å². The van der Waals surface area contributed by atoms with Crippen LogP contribution in [0, 0.1) is 0 Å². The summed E-state index contributed by atoms with van der Waals surface area (Å²) in [7, 11) is 1.68. The van der Waals surface area contributed by atoms with Crippen molar-refractivity contribution in [1.29, 1.82) is 0 Å². The van der Waals surface area contributed by atoms with E-state index in [1.54, 1.807) is 7.11 Å². The third-order valence-corrected chi connectivity index (χ3v) is 3.97. The number of rotatable bonds is 6. The van der Waals surface area contributed by atoms with E-state index in [0.29, 0.717) is 12.6 Å². The lowest BCUT2D eigenvalue weighted by Gasteiger charge is -2.21. The first kappa shape index (κ1) is 15.2. The number of nitrogens with one attached hydrogen (secondary N) is 1. The van der Waals surface area contributed by atoms with Crippen molar-refractivity contribution in [3.05, 3.63) is 24.3 Å². The average Bonchev–Trinajstić information content (AvgIpc) is 2.45. The number of methoxy groups -OCH3 is 1. The van der Waals surface area contributed by atoms with Crippen molar-refractivity contribution in [2.75, 3.05) is 20.3 Å². The molecule has 0 bridgehead atoms. The third kappa shape index (κ3) is 5.04. The van der Waals surface area contributed by atoms with E-state index in [0.717, 1.165) is 18.0 Å². The Labute approximate surface area is 122 Å². The summed E-state index contributed by atoms with van der Waals surface area (Å²) in [6, 6.07) is 8.49. The molecule has 112 valence electrons. The lowest BCUT2D eigenvalue weighted by molar-refractivity contribution is 0.278. The maximum Gasteiger partial charge on any atom is 0.161 e. The Bertz CT molecular complexity index is 373. The molecule has 1 aliphatic rings. The summed E-state index contributed by atoms with van der Waals surface area (Å²) in [6.45, 7) is 1.60. The van der Waals surface area contributed by atoms with E-state index in [-0.39, 0.29) is 0 Å². The van der Waals surface area contributed by atoms with Gasteiger partial charge in [-0.15, -0.1) is 0 Å². The van der Waals surface area contributed by atoms with Crippen LogP contribution in [0.4, 0.5) is 0 Å². The summed E-state index contributed by atoms with van der Waals surface area (Å²) < 4.78 is 11.1. The molecule has 1 saturated carbocycles. The van der Waals surface area contributed by atoms with Crippen LogP contribution in [0.5, 0.6) is 11.5 Å². The summed E-state index contributed by atoms with van der Waals surface area (Å²) in [5, 5.41) is 3.63. The van der Waals surface area contributed by atoms with Gasteiger partial charge < -0.3 is 14.8 Å². The summed E-state index contributed by atoms with van der Waals surface area (Å²) in [4.78, 5) is 0. The van der Waals surface area contributed by atoms with Crippen LogP contribution in [0.1, 0.15) is 44.9 Å². The largest absolute Gasteiger partial charge is 0.493 e. The molecule has 2 rings (SSSR count). The van der Waals surface area contributed by atoms with E-state index in [1.807, 2.05) is 24.3 Å². The van der Waals surface area contributed by atoms with E-state index < -0.39 is 0 Å². The Hall–Kier alpha value is -1.22. The fraction of sp³-hybridized carbons (Fsp3) is 0.647. The highest BCUT2D eigenvalue weighted by molar-refractivity contribution is 5.39. The summed E-state index contributed by atoms with van der Waals surface area (Å²) >= 11 is 0. The number of hydrogen-bond donors (Lipinski definition) is 1. The molecule has 0 unspecified atom stereocenters. The van der Waals surface area contributed by atoms with E-state index in [2.05, 4.69) is 5.32 Å². The predicted octanol–water partition coefficient (Wildman–Crippen LogP) is 3.78. The normalized spacial score (nSPS) is 17.2. The molecule has 20 heavy (non-hydrogen) atoms. The SMILES string of the molecule is COc1ccccc1OCCNC1CCCCCCC1. The van der Waals surface area contributed by atoms with E-state index in [9.17, 15) is 0 Å². The van der Waals surface area contributed by atoms with Crippen molar-refractivity contribution >= 4 is 0 Å². The highest BCUT2D eigenvalue weighted by Crippen LogP contribution is 2.25. The number of benzene rings is 1. The molecule has 0 aliphatic heterocycles. The summed E-state index contributed by atoms with van der Waals surface area (Å²) in [5.74, 6) is 1.63. The summed E-state index contributed by atoms with van der Waals surface area (Å²) in [6.07, 6.45) is 9.58. The Morgan fingerprint density at radius 1 is 1.00 bits per heavy atom. The Morgan fingerprint density at radius 2 is 1.65 bits per heavy atom. The zero-order valence-corrected chi connectivity index (χ0v) is 12.6. The van der Waals surface area contributed by atoms with Crippen molar-refractivity contribution < 1.29 is 9.47 Å². The molecule has 1 N–H and O–H groups in total. The van der Waals surface area contributed by atoms with Gasteiger partial charge in [0.15, 0.2) is 11.5 Å². The zero-order chi connectivity index (χ0) is 14.0. The molecule has 0 spiro atoms. The molecule has 0 aromatic heterocycles. The maximum atomic E-state index is 5.79. The van der Waals surface area contributed by atoms with Crippen molar-refractivity contribution in [2.24, 2.45) is 0 Å². The number of hydrogen-bond acceptors (Lipinski definition) is 3. The highest BCUT2D eigenvalue weighted by atomic mass is 16.5. The first-order valence-corrected chi connectivity index (χ1v) is 7.89. The standard InChI is InChI=1S/C17H27NO2/c1-19-16-11-7-8-12-17(16)20-14-13-18-15-9-5-3-2-4-6-10-15/h7-8,11-12,15,18H,2-6,9-10,13-14H2,1H3. The van der Waals surface area contributed by atoms with Crippen LogP contribution in [-0.4, -0.2) is 26.3 Å². The molecule has 3 nitrogen and oxygen atoms in total. The monoisotopic (exact) mass is 277 g/mol. The van der Waals surface area contributed by atoms with Gasteiger partial charge in [0, 0.05) is 12.6 Å². The zero-order valence-electron chi connectivity index (χ0n) is 12.6. The Morgan fingerprint density at radius 3 is 2.35 bits per heavy atom. The second kappa shape index (κ2) is 8.85. The van der Waals surface area contributed by atoms with Gasteiger partial charge in [0.05, 0.1) is 7.11 Å². The molecule has 3 heteroatoms. The van der Waals surface area contributed by atoms with Crippen LogP contribution in [0.15, 0.2) is 24.3 Å². The minimum atomic E-state index is 0.677. The molecule has 0 radical (unpaired) electrons. The van der Waals surface area contributed by atoms with Gasteiger partial charge in [0.25, 0.3) is 0 Å². The van der Waals surface area contributed by atoms with Gasteiger partial charge in [0.2, 0.25) is 0 Å². The van der Waals surface area contributed by atoms with Gasteiger partial charge in [-0.3, -0.25) is 0 Å². The molecule has 1 aromatic carbocycles. The minimum absolute atomic E-state index is 0.677. The fourth-order valence-corrected chi connectivity index (χ4v) is 2.82. The Balaban J connectivity index is 1.67. The topological polar surface area (TPSA) is 30.5 Å². The van der Waals surface area contributed by atoms with Crippen LogP contribution in [-0.2, 0) is 0 Å². The van der Waals surface area contributed by atoms with E-state index in [1.165, 1.54) is 44.9 Å². The third-order valence-electron chi connectivity index (χ3n) is 3.97. The second-order valence-electron chi connectivity index (χ2n) is 5.50. The second-order valence-corrected chi connectivity index (χ2v) is 5.50. The molecule has 0 amide bonds. The molecule has 1 aliphatic carbocycles. The highest BCUT2D eigenvalue weighted by Gasteiger charge is 2.10. The number of para-hydroxylation sites is 2. The van der Waals surface area contributed by atoms with Gasteiger partial charge in [-0.05, 0) is 25.0 Å². The molecular weight excluding hydrogens is 250 g/mol. The first-order valence-electron chi connectivity index (χ1n) is 7.89. The molecule has 0 atom stereocenters. The quantitative estimate of drug-likeness (QED) is 0.803. The first-order chi connectivity index (χ1) is 9.90. The van der Waals surface area contributed by atoms with Gasteiger partial charge >= 0.3 is 0 Å². The molecule has 0 heterocycles.